The molecule has 2 rings (SSSR count). The molecular formula is C15H28IN5S. The van der Waals surface area contributed by atoms with E-state index >= 15 is 0 Å². The third kappa shape index (κ3) is 5.66. The van der Waals surface area contributed by atoms with Crippen LogP contribution < -0.4 is 11.1 Å². The minimum Gasteiger partial charge on any atom is -0.370 e. The Hall–Kier alpha value is -0.410. The Morgan fingerprint density at radius 2 is 2.36 bits per heavy atom. The van der Waals surface area contributed by atoms with Gasteiger partial charge < -0.3 is 11.1 Å². The molecule has 3 N–H and O–H groups in total. The average molecular weight is 437 g/mol. The molecule has 0 bridgehead atoms. The number of likely N-dealkylation sites (tertiary alicyclic amines) is 1. The summed E-state index contributed by atoms with van der Waals surface area (Å²) in [7, 11) is 0. The van der Waals surface area contributed by atoms with Crippen molar-refractivity contribution in [3.63, 3.8) is 0 Å². The van der Waals surface area contributed by atoms with E-state index in [1.165, 1.54) is 19.4 Å². The first kappa shape index (κ1) is 19.6. The van der Waals surface area contributed by atoms with Gasteiger partial charge in [-0.2, -0.15) is 0 Å². The second kappa shape index (κ2) is 9.67. The fourth-order valence-electron chi connectivity index (χ4n) is 2.64. The van der Waals surface area contributed by atoms with Gasteiger partial charge in [0.25, 0.3) is 0 Å². The lowest BCUT2D eigenvalue weighted by molar-refractivity contribution is 0.267. The van der Waals surface area contributed by atoms with Crippen molar-refractivity contribution in [3.8, 4) is 0 Å². The van der Waals surface area contributed by atoms with Crippen LogP contribution in [0, 0.1) is 0 Å². The summed E-state index contributed by atoms with van der Waals surface area (Å²) in [4.78, 5) is 11.5. The second-order valence-electron chi connectivity index (χ2n) is 5.83. The first-order chi connectivity index (χ1) is 10.1. The highest BCUT2D eigenvalue weighted by molar-refractivity contribution is 14.0. The van der Waals surface area contributed by atoms with E-state index in [4.69, 9.17) is 5.73 Å². The molecular weight excluding hydrogens is 409 g/mol. The van der Waals surface area contributed by atoms with E-state index in [9.17, 15) is 0 Å². The Balaban J connectivity index is 0.00000242. The van der Waals surface area contributed by atoms with Gasteiger partial charge in [-0.15, -0.1) is 35.3 Å². The van der Waals surface area contributed by atoms with Crippen LogP contribution in [0.2, 0.25) is 0 Å². The zero-order valence-electron chi connectivity index (χ0n) is 13.7. The number of likely N-dealkylation sites (N-methyl/N-ethyl adjacent to an activating group) is 1. The predicted octanol–water partition coefficient (Wildman–Crippen LogP) is 2.77. The number of thiazole rings is 1. The van der Waals surface area contributed by atoms with Gasteiger partial charge in [0.2, 0.25) is 0 Å². The van der Waals surface area contributed by atoms with Crippen LogP contribution >= 0.6 is 35.3 Å². The van der Waals surface area contributed by atoms with E-state index in [2.05, 4.69) is 46.3 Å². The summed E-state index contributed by atoms with van der Waals surface area (Å²) in [6.45, 7) is 10.3. The third-order valence-electron chi connectivity index (χ3n) is 3.97. The Kier molecular flexibility index (Phi) is 8.63. The van der Waals surface area contributed by atoms with E-state index < -0.39 is 0 Å². The zero-order valence-corrected chi connectivity index (χ0v) is 16.9. The van der Waals surface area contributed by atoms with Gasteiger partial charge in [0.15, 0.2) is 5.96 Å². The fraction of sp³-hybridized carbons (Fsp3) is 0.733. The lowest BCUT2D eigenvalue weighted by Crippen LogP contribution is -2.42. The summed E-state index contributed by atoms with van der Waals surface area (Å²) < 4.78 is 0. The standard InChI is InChI=1S/C15H27N5S.HI/c1-4-20-7-5-6-12(20)8-17-15(16)18-9-14-19-13(10-21-14)11(2)3;/h10-12H,4-9H2,1-3H3,(H3,16,17,18);1H. The van der Waals surface area contributed by atoms with Gasteiger partial charge in [0.05, 0.1) is 12.2 Å². The number of nitrogens with two attached hydrogens (primary N) is 1. The van der Waals surface area contributed by atoms with E-state index in [1.807, 2.05) is 0 Å². The molecule has 22 heavy (non-hydrogen) atoms. The third-order valence-corrected chi connectivity index (χ3v) is 4.82. The van der Waals surface area contributed by atoms with Gasteiger partial charge in [-0.1, -0.05) is 20.8 Å². The molecule has 1 aromatic heterocycles. The van der Waals surface area contributed by atoms with Crippen LogP contribution in [0.3, 0.4) is 0 Å². The molecule has 1 saturated heterocycles. The topological polar surface area (TPSA) is 66.5 Å². The number of nitrogens with zero attached hydrogens (tertiary/aromatic N) is 3. The number of guanidine groups is 1. The van der Waals surface area contributed by atoms with Crippen LogP contribution in [0.15, 0.2) is 10.4 Å². The largest absolute Gasteiger partial charge is 0.370 e. The van der Waals surface area contributed by atoms with Gasteiger partial charge in [-0.25, -0.2) is 9.98 Å². The van der Waals surface area contributed by atoms with Crippen molar-refractivity contribution < 1.29 is 0 Å². The summed E-state index contributed by atoms with van der Waals surface area (Å²) in [6.07, 6.45) is 2.53. The number of hydrogen-bond acceptors (Lipinski definition) is 4. The maximum Gasteiger partial charge on any atom is 0.189 e. The summed E-state index contributed by atoms with van der Waals surface area (Å²) in [5.74, 6) is 0.996. The zero-order chi connectivity index (χ0) is 15.2. The van der Waals surface area contributed by atoms with Crippen molar-refractivity contribution in [2.24, 2.45) is 10.7 Å². The number of rotatable bonds is 6. The first-order valence-electron chi connectivity index (χ1n) is 7.82. The monoisotopic (exact) mass is 437 g/mol. The van der Waals surface area contributed by atoms with Crippen molar-refractivity contribution >= 4 is 41.3 Å². The lowest BCUT2D eigenvalue weighted by atomic mass is 10.2. The quantitative estimate of drug-likeness (QED) is 0.408. The molecule has 0 aliphatic carbocycles. The number of nitrogens with one attached hydrogen (secondary N) is 1. The smallest absolute Gasteiger partial charge is 0.189 e. The van der Waals surface area contributed by atoms with E-state index in [0.29, 0.717) is 24.5 Å². The van der Waals surface area contributed by atoms with Gasteiger partial charge >= 0.3 is 0 Å². The Morgan fingerprint density at radius 1 is 1.59 bits per heavy atom. The van der Waals surface area contributed by atoms with Crippen molar-refractivity contribution in [1.29, 1.82) is 0 Å². The Morgan fingerprint density at radius 3 is 3.00 bits per heavy atom. The van der Waals surface area contributed by atoms with Crippen molar-refractivity contribution in [3.05, 3.63) is 16.1 Å². The highest BCUT2D eigenvalue weighted by atomic mass is 127. The number of aromatic nitrogens is 1. The SMILES string of the molecule is CCN1CCCC1CNC(N)=NCc1nc(C(C)C)cs1.I. The molecule has 1 atom stereocenters. The molecule has 126 valence electrons. The molecule has 0 amide bonds. The molecule has 0 radical (unpaired) electrons. The summed E-state index contributed by atoms with van der Waals surface area (Å²) in [5.41, 5.74) is 7.09. The molecule has 1 aliphatic rings. The van der Waals surface area contributed by atoms with E-state index in [-0.39, 0.29) is 24.0 Å². The van der Waals surface area contributed by atoms with Gasteiger partial charge in [0.1, 0.15) is 5.01 Å². The predicted molar refractivity (Wildman–Crippen MR) is 105 cm³/mol. The molecule has 5 nitrogen and oxygen atoms in total. The van der Waals surface area contributed by atoms with Crippen LogP contribution in [0.4, 0.5) is 0 Å². The maximum atomic E-state index is 5.95. The van der Waals surface area contributed by atoms with Crippen molar-refractivity contribution in [2.45, 2.75) is 52.1 Å². The normalized spacial score (nSPS) is 19.5. The molecule has 1 aliphatic heterocycles. The molecule has 1 unspecified atom stereocenters. The van der Waals surface area contributed by atoms with Crippen LogP contribution in [0.25, 0.3) is 0 Å². The summed E-state index contributed by atoms with van der Waals surface area (Å²) in [5, 5.41) is 6.39. The summed E-state index contributed by atoms with van der Waals surface area (Å²) in [6, 6.07) is 0.594. The van der Waals surface area contributed by atoms with Gasteiger partial charge in [-0.3, -0.25) is 4.90 Å². The number of halogens is 1. The minimum absolute atomic E-state index is 0. The van der Waals surface area contributed by atoms with E-state index in [1.54, 1.807) is 11.3 Å². The summed E-state index contributed by atoms with van der Waals surface area (Å²) >= 11 is 1.66. The van der Waals surface area contributed by atoms with Crippen molar-refractivity contribution in [2.75, 3.05) is 19.6 Å². The van der Waals surface area contributed by atoms with Gasteiger partial charge in [-0.05, 0) is 31.8 Å². The highest BCUT2D eigenvalue weighted by Crippen LogP contribution is 2.18. The molecule has 0 spiro atoms. The molecule has 0 aromatic carbocycles. The van der Waals surface area contributed by atoms with Crippen LogP contribution in [-0.4, -0.2) is 41.5 Å². The Bertz CT molecular complexity index is 474. The molecule has 1 aromatic rings. The number of aliphatic imine (C=N–C) groups is 1. The maximum absolute atomic E-state index is 5.95. The minimum atomic E-state index is 0. The van der Waals surface area contributed by atoms with Crippen LogP contribution in [0.1, 0.15) is 50.2 Å². The molecule has 2 heterocycles. The lowest BCUT2D eigenvalue weighted by Gasteiger charge is -2.23. The molecule has 7 heteroatoms. The Labute approximate surface area is 154 Å². The number of hydrogen-bond donors (Lipinski definition) is 2. The fourth-order valence-corrected chi connectivity index (χ4v) is 3.52. The highest BCUT2D eigenvalue weighted by Gasteiger charge is 2.22. The average Bonchev–Trinajstić information content (AvgIpc) is 3.11. The second-order valence-corrected chi connectivity index (χ2v) is 6.77. The van der Waals surface area contributed by atoms with Crippen LogP contribution in [0.5, 0.6) is 0 Å². The first-order valence-corrected chi connectivity index (χ1v) is 8.70. The van der Waals surface area contributed by atoms with Gasteiger partial charge in [0, 0.05) is 18.0 Å². The van der Waals surface area contributed by atoms with E-state index in [0.717, 1.165) is 23.8 Å². The van der Waals surface area contributed by atoms with Crippen molar-refractivity contribution in [1.82, 2.24) is 15.2 Å². The molecule has 1 fully saturated rings. The molecule has 0 saturated carbocycles. The van der Waals surface area contributed by atoms with Crippen LogP contribution in [-0.2, 0) is 6.54 Å².